The van der Waals surface area contributed by atoms with Gasteiger partial charge in [0.25, 0.3) is 5.91 Å². The molecule has 1 amide bonds. The topological polar surface area (TPSA) is 61.9 Å². The van der Waals surface area contributed by atoms with Crippen LogP contribution >= 0.6 is 0 Å². The highest BCUT2D eigenvalue weighted by Gasteiger charge is 2.16. The Morgan fingerprint density at radius 2 is 2.12 bits per heavy atom. The summed E-state index contributed by atoms with van der Waals surface area (Å²) in [5.74, 6) is 0.150. The van der Waals surface area contributed by atoms with E-state index in [1.165, 1.54) is 6.33 Å². The molecule has 0 spiro atoms. The number of nitrogens with zero attached hydrogens (tertiary/aromatic N) is 3. The molecule has 1 heterocycles. The van der Waals surface area contributed by atoms with Gasteiger partial charge in [-0.15, -0.1) is 0 Å². The minimum atomic E-state index is -0.131. The zero-order valence-electron chi connectivity index (χ0n) is 9.63. The van der Waals surface area contributed by atoms with Crippen LogP contribution in [0.2, 0.25) is 0 Å². The Morgan fingerprint density at radius 3 is 2.71 bits per heavy atom. The van der Waals surface area contributed by atoms with Crippen LogP contribution in [0.3, 0.4) is 0 Å². The molecule has 0 bridgehead atoms. The molecule has 0 radical (unpaired) electrons. The zero-order valence-corrected chi connectivity index (χ0v) is 9.63. The molecule has 88 valence electrons. The molecule has 0 saturated carbocycles. The summed E-state index contributed by atoms with van der Waals surface area (Å²) in [6, 6.07) is 9.87. The van der Waals surface area contributed by atoms with Crippen molar-refractivity contribution in [3.63, 3.8) is 0 Å². The van der Waals surface area contributed by atoms with Crippen LogP contribution in [-0.4, -0.2) is 32.5 Å². The quantitative estimate of drug-likeness (QED) is 0.865. The van der Waals surface area contributed by atoms with Crippen molar-refractivity contribution in [1.82, 2.24) is 20.1 Å². The maximum absolute atomic E-state index is 12.0. The lowest BCUT2D eigenvalue weighted by molar-refractivity contribution is 0.0740. The number of benzene rings is 1. The Bertz CT molecular complexity index is 467. The van der Waals surface area contributed by atoms with E-state index in [0.29, 0.717) is 13.1 Å². The van der Waals surface area contributed by atoms with Gasteiger partial charge in [0.05, 0.1) is 0 Å². The third-order valence-electron chi connectivity index (χ3n) is 2.50. The number of hydrogen-bond acceptors (Lipinski definition) is 3. The normalized spacial score (nSPS) is 10.2. The first-order valence-electron chi connectivity index (χ1n) is 5.50. The second kappa shape index (κ2) is 5.25. The van der Waals surface area contributed by atoms with Crippen LogP contribution in [0.1, 0.15) is 23.1 Å². The lowest BCUT2D eigenvalue weighted by Gasteiger charge is -2.19. The molecule has 1 aromatic heterocycles. The maximum atomic E-state index is 12.0. The van der Waals surface area contributed by atoms with Crippen LogP contribution in [0.4, 0.5) is 0 Å². The van der Waals surface area contributed by atoms with E-state index in [4.69, 9.17) is 0 Å². The average molecular weight is 230 g/mol. The van der Waals surface area contributed by atoms with Gasteiger partial charge in [0.15, 0.2) is 0 Å². The molecule has 17 heavy (non-hydrogen) atoms. The third-order valence-corrected chi connectivity index (χ3v) is 2.50. The molecule has 5 heteroatoms. The van der Waals surface area contributed by atoms with Gasteiger partial charge in [0.1, 0.15) is 6.33 Å². The highest BCUT2D eigenvalue weighted by molar-refractivity contribution is 5.90. The Kier molecular flexibility index (Phi) is 3.49. The van der Waals surface area contributed by atoms with Gasteiger partial charge in [-0.2, -0.15) is 5.10 Å². The predicted octanol–water partition coefficient (Wildman–Crippen LogP) is 1.47. The van der Waals surface area contributed by atoms with Crippen LogP contribution < -0.4 is 0 Å². The molecular formula is C12H14N4O. The van der Waals surface area contributed by atoms with Crippen molar-refractivity contribution in [2.75, 3.05) is 6.54 Å². The first-order chi connectivity index (χ1) is 8.31. The molecule has 0 saturated heterocycles. The van der Waals surface area contributed by atoms with E-state index >= 15 is 0 Å². The van der Waals surface area contributed by atoms with Gasteiger partial charge in [-0.25, -0.2) is 4.98 Å². The van der Waals surface area contributed by atoms with Crippen LogP contribution in [0.5, 0.6) is 0 Å². The van der Waals surface area contributed by atoms with E-state index in [-0.39, 0.29) is 11.7 Å². The van der Waals surface area contributed by atoms with Crippen LogP contribution in [0.15, 0.2) is 36.7 Å². The lowest BCUT2D eigenvalue weighted by Crippen LogP contribution is -2.31. The number of aromatic amines is 1. The number of aromatic nitrogens is 3. The van der Waals surface area contributed by atoms with Crippen molar-refractivity contribution in [3.8, 4) is 0 Å². The standard InChI is InChI=1S/C12H14N4O/c1-2-16(8-10-6-4-3-5-7-10)12(17)11-13-9-14-15-11/h3-7,9H,2,8H2,1H3,(H,13,14,15). The summed E-state index contributed by atoms with van der Waals surface area (Å²) in [7, 11) is 0. The van der Waals surface area contributed by atoms with Crippen molar-refractivity contribution < 1.29 is 4.79 Å². The summed E-state index contributed by atoms with van der Waals surface area (Å²) in [6.07, 6.45) is 1.34. The molecule has 0 unspecified atom stereocenters. The van der Waals surface area contributed by atoms with Gasteiger partial charge < -0.3 is 4.90 Å². The molecule has 5 nitrogen and oxygen atoms in total. The SMILES string of the molecule is CCN(Cc1ccccc1)C(=O)c1ncn[nH]1. The summed E-state index contributed by atoms with van der Waals surface area (Å²) in [5, 5.41) is 6.27. The molecule has 0 atom stereocenters. The van der Waals surface area contributed by atoms with Crippen molar-refractivity contribution in [2.24, 2.45) is 0 Å². The fourth-order valence-electron chi connectivity index (χ4n) is 1.59. The van der Waals surface area contributed by atoms with E-state index < -0.39 is 0 Å². The molecular weight excluding hydrogens is 216 g/mol. The molecule has 0 aliphatic rings. The zero-order chi connectivity index (χ0) is 12.1. The van der Waals surface area contributed by atoms with E-state index in [1.54, 1.807) is 4.90 Å². The number of hydrogen-bond donors (Lipinski definition) is 1. The molecule has 1 N–H and O–H groups in total. The fourth-order valence-corrected chi connectivity index (χ4v) is 1.59. The van der Waals surface area contributed by atoms with Crippen molar-refractivity contribution in [2.45, 2.75) is 13.5 Å². The van der Waals surface area contributed by atoms with Crippen molar-refractivity contribution in [1.29, 1.82) is 0 Å². The van der Waals surface area contributed by atoms with Crippen molar-refractivity contribution in [3.05, 3.63) is 48.0 Å². The van der Waals surface area contributed by atoms with Crippen LogP contribution in [0, 0.1) is 0 Å². The van der Waals surface area contributed by atoms with E-state index in [1.807, 2.05) is 37.3 Å². The van der Waals surface area contributed by atoms with E-state index in [9.17, 15) is 4.79 Å². The monoisotopic (exact) mass is 230 g/mol. The van der Waals surface area contributed by atoms with Gasteiger partial charge >= 0.3 is 0 Å². The summed E-state index contributed by atoms with van der Waals surface area (Å²) < 4.78 is 0. The first kappa shape index (κ1) is 11.3. The number of rotatable bonds is 4. The average Bonchev–Trinajstić information content (AvgIpc) is 2.90. The summed E-state index contributed by atoms with van der Waals surface area (Å²) in [5.41, 5.74) is 1.10. The molecule has 1 aromatic carbocycles. The Hall–Kier alpha value is -2.17. The third kappa shape index (κ3) is 2.69. The van der Waals surface area contributed by atoms with Crippen LogP contribution in [0.25, 0.3) is 0 Å². The fraction of sp³-hybridized carbons (Fsp3) is 0.250. The lowest BCUT2D eigenvalue weighted by atomic mass is 10.2. The van der Waals surface area contributed by atoms with Crippen LogP contribution in [-0.2, 0) is 6.54 Å². The van der Waals surface area contributed by atoms with E-state index in [2.05, 4.69) is 15.2 Å². The number of amides is 1. The van der Waals surface area contributed by atoms with Crippen molar-refractivity contribution >= 4 is 5.91 Å². The largest absolute Gasteiger partial charge is 0.332 e. The Labute approximate surface area is 99.5 Å². The molecule has 0 fully saturated rings. The van der Waals surface area contributed by atoms with Gasteiger partial charge in [0, 0.05) is 13.1 Å². The summed E-state index contributed by atoms with van der Waals surface area (Å²) >= 11 is 0. The Balaban J connectivity index is 2.10. The van der Waals surface area contributed by atoms with Gasteiger partial charge in [0.2, 0.25) is 5.82 Å². The highest BCUT2D eigenvalue weighted by Crippen LogP contribution is 2.06. The number of H-pyrrole nitrogens is 1. The smallest absolute Gasteiger partial charge is 0.291 e. The second-order valence-electron chi connectivity index (χ2n) is 3.64. The number of carbonyl (C=O) groups excluding carboxylic acids is 1. The predicted molar refractivity (Wildman–Crippen MR) is 63.2 cm³/mol. The molecule has 0 aliphatic carbocycles. The number of nitrogens with one attached hydrogen (secondary N) is 1. The summed E-state index contributed by atoms with van der Waals surface area (Å²) in [6.45, 7) is 3.16. The minimum absolute atomic E-state index is 0.131. The second-order valence-corrected chi connectivity index (χ2v) is 3.64. The Morgan fingerprint density at radius 1 is 1.35 bits per heavy atom. The maximum Gasteiger partial charge on any atom is 0.291 e. The summed E-state index contributed by atoms with van der Waals surface area (Å²) in [4.78, 5) is 17.6. The molecule has 2 aromatic rings. The van der Waals surface area contributed by atoms with Gasteiger partial charge in [-0.05, 0) is 12.5 Å². The molecule has 2 rings (SSSR count). The van der Waals surface area contributed by atoms with Gasteiger partial charge in [-0.1, -0.05) is 30.3 Å². The van der Waals surface area contributed by atoms with Gasteiger partial charge in [-0.3, -0.25) is 9.89 Å². The number of carbonyl (C=O) groups is 1. The minimum Gasteiger partial charge on any atom is -0.332 e. The first-order valence-corrected chi connectivity index (χ1v) is 5.50. The van der Waals surface area contributed by atoms with E-state index in [0.717, 1.165) is 5.56 Å². The molecule has 0 aliphatic heterocycles. The highest BCUT2D eigenvalue weighted by atomic mass is 16.2.